The Balaban J connectivity index is 1.39. The fourth-order valence-electron chi connectivity index (χ4n) is 4.86. The molecule has 2 fully saturated rings. The van der Waals surface area contributed by atoms with Gasteiger partial charge in [0.25, 0.3) is 0 Å². The number of piperidine rings is 1. The zero-order valence-electron chi connectivity index (χ0n) is 15.6. The van der Waals surface area contributed by atoms with Crippen molar-refractivity contribution < 1.29 is 9.84 Å². The molecule has 138 valence electrons. The van der Waals surface area contributed by atoms with E-state index in [0.717, 1.165) is 50.2 Å². The first kappa shape index (κ1) is 17.6. The molecular formula is C23H29NO2. The summed E-state index contributed by atoms with van der Waals surface area (Å²) in [5.41, 5.74) is 1.77. The molecule has 1 N–H and O–H groups in total. The van der Waals surface area contributed by atoms with E-state index in [1.807, 2.05) is 24.3 Å². The number of fused-ring (bicyclic) bond motifs is 1. The molecule has 1 saturated heterocycles. The van der Waals surface area contributed by atoms with Crippen LogP contribution in [0.25, 0.3) is 0 Å². The second-order valence-corrected chi connectivity index (χ2v) is 8.03. The van der Waals surface area contributed by atoms with Gasteiger partial charge in [-0.2, -0.15) is 0 Å². The molecule has 4 rings (SSSR count). The van der Waals surface area contributed by atoms with Gasteiger partial charge < -0.3 is 9.84 Å². The summed E-state index contributed by atoms with van der Waals surface area (Å²) in [7, 11) is 1.68. The van der Waals surface area contributed by atoms with Crippen LogP contribution >= 0.6 is 0 Å². The average molecular weight is 351 g/mol. The number of ether oxygens (including phenoxy) is 1. The number of hydrogen-bond acceptors (Lipinski definition) is 3. The Kier molecular flexibility index (Phi) is 5.01. The van der Waals surface area contributed by atoms with Crippen molar-refractivity contribution in [3.05, 3.63) is 65.7 Å². The minimum Gasteiger partial charge on any atom is -0.497 e. The topological polar surface area (TPSA) is 32.7 Å². The lowest BCUT2D eigenvalue weighted by atomic mass is 9.66. The summed E-state index contributed by atoms with van der Waals surface area (Å²) in [5, 5.41) is 11.3. The van der Waals surface area contributed by atoms with Crippen molar-refractivity contribution >= 4 is 0 Å². The number of methoxy groups -OCH3 is 1. The van der Waals surface area contributed by atoms with E-state index in [0.29, 0.717) is 11.8 Å². The largest absolute Gasteiger partial charge is 0.497 e. The summed E-state index contributed by atoms with van der Waals surface area (Å²) < 4.78 is 5.25. The molecule has 0 aromatic heterocycles. The summed E-state index contributed by atoms with van der Waals surface area (Å²) in [6.07, 6.45) is 4.05. The fourth-order valence-corrected chi connectivity index (χ4v) is 4.86. The molecule has 0 spiro atoms. The van der Waals surface area contributed by atoms with Gasteiger partial charge >= 0.3 is 0 Å². The Morgan fingerprint density at radius 1 is 1.04 bits per heavy atom. The normalized spacial score (nSPS) is 29.2. The van der Waals surface area contributed by atoms with Crippen LogP contribution < -0.4 is 4.74 Å². The van der Waals surface area contributed by atoms with Gasteiger partial charge in [-0.25, -0.2) is 0 Å². The molecule has 26 heavy (non-hydrogen) atoms. The maximum Gasteiger partial charge on any atom is 0.118 e. The lowest BCUT2D eigenvalue weighted by molar-refractivity contribution is -0.0616. The van der Waals surface area contributed by atoms with Crippen LogP contribution in [0.2, 0.25) is 0 Å². The summed E-state index contributed by atoms with van der Waals surface area (Å²) in [5.74, 6) is 2.19. The van der Waals surface area contributed by atoms with E-state index in [4.69, 9.17) is 4.74 Å². The van der Waals surface area contributed by atoms with E-state index in [-0.39, 0.29) is 0 Å². The Hall–Kier alpha value is -1.84. The first-order chi connectivity index (χ1) is 12.7. The highest BCUT2D eigenvalue weighted by atomic mass is 16.5. The third-order valence-corrected chi connectivity index (χ3v) is 6.38. The van der Waals surface area contributed by atoms with Gasteiger partial charge in [0.2, 0.25) is 0 Å². The first-order valence-electron chi connectivity index (χ1n) is 9.79. The van der Waals surface area contributed by atoms with Gasteiger partial charge in [-0.15, -0.1) is 0 Å². The van der Waals surface area contributed by atoms with Gasteiger partial charge in [0.15, 0.2) is 0 Å². The van der Waals surface area contributed by atoms with Gasteiger partial charge in [0.1, 0.15) is 5.75 Å². The second kappa shape index (κ2) is 7.42. The molecule has 0 amide bonds. The molecule has 3 atom stereocenters. The molecule has 1 aliphatic carbocycles. The van der Waals surface area contributed by atoms with E-state index < -0.39 is 5.60 Å². The van der Waals surface area contributed by atoms with Crippen LogP contribution in [0.1, 0.15) is 36.8 Å². The first-order valence-corrected chi connectivity index (χ1v) is 9.79. The monoisotopic (exact) mass is 351 g/mol. The lowest BCUT2D eigenvalue weighted by Crippen LogP contribution is -2.46. The van der Waals surface area contributed by atoms with Gasteiger partial charge in [-0.05, 0) is 67.3 Å². The maximum absolute atomic E-state index is 11.3. The smallest absolute Gasteiger partial charge is 0.118 e. The van der Waals surface area contributed by atoms with Crippen LogP contribution in [0.15, 0.2) is 54.6 Å². The van der Waals surface area contributed by atoms with Gasteiger partial charge in [0, 0.05) is 13.1 Å². The van der Waals surface area contributed by atoms with Gasteiger partial charge in [0.05, 0.1) is 12.7 Å². The van der Waals surface area contributed by atoms with Crippen molar-refractivity contribution in [1.29, 1.82) is 0 Å². The van der Waals surface area contributed by atoms with Crippen molar-refractivity contribution in [3.63, 3.8) is 0 Å². The van der Waals surface area contributed by atoms with Gasteiger partial charge in [-0.1, -0.05) is 42.5 Å². The highest BCUT2D eigenvalue weighted by molar-refractivity contribution is 5.31. The third-order valence-electron chi connectivity index (χ3n) is 6.38. The highest BCUT2D eigenvalue weighted by Crippen LogP contribution is 2.46. The predicted octanol–water partition coefficient (Wildman–Crippen LogP) is 4.21. The summed E-state index contributed by atoms with van der Waals surface area (Å²) in [6.45, 7) is 3.35. The zero-order chi connectivity index (χ0) is 18.0. The Morgan fingerprint density at radius 3 is 2.54 bits per heavy atom. The lowest BCUT2D eigenvalue weighted by Gasteiger charge is -2.47. The number of rotatable bonds is 4. The summed E-state index contributed by atoms with van der Waals surface area (Å²) >= 11 is 0. The van der Waals surface area contributed by atoms with Crippen LogP contribution in [0.3, 0.4) is 0 Å². The van der Waals surface area contributed by atoms with E-state index >= 15 is 0 Å². The molecule has 2 aromatic carbocycles. The van der Waals surface area contributed by atoms with Crippen LogP contribution in [0, 0.1) is 11.8 Å². The Morgan fingerprint density at radius 2 is 1.81 bits per heavy atom. The summed E-state index contributed by atoms with van der Waals surface area (Å²) in [6, 6.07) is 18.7. The number of hydrogen-bond donors (Lipinski definition) is 1. The number of nitrogens with zero attached hydrogens (tertiary/aromatic N) is 1. The second-order valence-electron chi connectivity index (χ2n) is 8.03. The van der Waals surface area contributed by atoms with E-state index in [2.05, 4.69) is 35.2 Å². The maximum atomic E-state index is 11.3. The number of aliphatic hydroxyl groups is 1. The Bertz CT molecular complexity index is 715. The molecule has 0 bridgehead atoms. The van der Waals surface area contributed by atoms with Crippen LogP contribution in [0.5, 0.6) is 5.75 Å². The molecule has 0 radical (unpaired) electrons. The molecule has 3 heteroatoms. The molecule has 3 unspecified atom stereocenters. The minimum absolute atomic E-state index is 0.628. The van der Waals surface area contributed by atoms with Crippen molar-refractivity contribution in [2.24, 2.45) is 11.8 Å². The molecule has 3 nitrogen and oxygen atoms in total. The van der Waals surface area contributed by atoms with Crippen molar-refractivity contribution in [2.75, 3.05) is 20.2 Å². The quantitative estimate of drug-likeness (QED) is 0.896. The van der Waals surface area contributed by atoms with E-state index in [9.17, 15) is 5.11 Å². The number of benzene rings is 2. The highest BCUT2D eigenvalue weighted by Gasteiger charge is 2.42. The van der Waals surface area contributed by atoms with Crippen molar-refractivity contribution in [1.82, 2.24) is 4.90 Å². The van der Waals surface area contributed by atoms with E-state index in [1.54, 1.807) is 7.11 Å². The summed E-state index contributed by atoms with van der Waals surface area (Å²) in [4.78, 5) is 2.59. The van der Waals surface area contributed by atoms with E-state index in [1.165, 1.54) is 12.0 Å². The van der Waals surface area contributed by atoms with Crippen LogP contribution in [-0.4, -0.2) is 30.2 Å². The van der Waals surface area contributed by atoms with Crippen LogP contribution in [-0.2, 0) is 12.1 Å². The predicted molar refractivity (Wildman–Crippen MR) is 104 cm³/mol. The minimum atomic E-state index is -0.672. The zero-order valence-corrected chi connectivity index (χ0v) is 15.6. The van der Waals surface area contributed by atoms with Gasteiger partial charge in [-0.3, -0.25) is 4.90 Å². The van der Waals surface area contributed by atoms with Crippen molar-refractivity contribution in [2.45, 2.75) is 37.8 Å². The number of likely N-dealkylation sites (tertiary alicyclic amines) is 1. The molecule has 2 aliphatic rings. The third kappa shape index (κ3) is 3.65. The standard InChI is InChI=1S/C23H29NO2/c1-26-22-9-7-21(8-10-22)23(25)13-11-20-17-24(14-12-19(20)15-23)16-18-5-3-2-4-6-18/h2-10,19-20,25H,11-17H2,1H3. The van der Waals surface area contributed by atoms with Crippen LogP contribution in [0.4, 0.5) is 0 Å². The molecule has 1 aliphatic heterocycles. The van der Waals surface area contributed by atoms with Crippen molar-refractivity contribution in [3.8, 4) is 5.75 Å². The molecule has 1 saturated carbocycles. The molecule has 2 aromatic rings. The Labute approximate surface area is 156 Å². The average Bonchev–Trinajstić information content (AvgIpc) is 2.69. The molecule has 1 heterocycles. The fraction of sp³-hybridized carbons (Fsp3) is 0.478. The SMILES string of the molecule is COc1ccc(C2(O)CCC3CN(Cc4ccccc4)CCC3C2)cc1. The molecular weight excluding hydrogens is 322 g/mol.